The number of benzene rings is 3. The summed E-state index contributed by atoms with van der Waals surface area (Å²) in [6.07, 6.45) is 0. The summed E-state index contributed by atoms with van der Waals surface area (Å²) in [5.74, 6) is 0.300. The van der Waals surface area contributed by atoms with Gasteiger partial charge in [-0.3, -0.25) is 13.9 Å². The molecule has 0 aromatic heterocycles. The van der Waals surface area contributed by atoms with Crippen molar-refractivity contribution in [1.82, 2.24) is 10.2 Å². The van der Waals surface area contributed by atoms with Gasteiger partial charge >= 0.3 is 0 Å². The van der Waals surface area contributed by atoms with E-state index in [4.69, 9.17) is 21.1 Å². The molecule has 3 aromatic carbocycles. The lowest BCUT2D eigenvalue weighted by molar-refractivity contribution is -0.139. The fraction of sp³-hybridized carbons (Fsp3) is 0.333. The van der Waals surface area contributed by atoms with Crippen LogP contribution in [0.2, 0.25) is 5.02 Å². The predicted octanol–water partition coefficient (Wildman–Crippen LogP) is 4.74. The second-order valence-electron chi connectivity index (χ2n) is 9.83. The molecule has 0 spiro atoms. The van der Waals surface area contributed by atoms with Crippen LogP contribution in [0.5, 0.6) is 11.5 Å². The molecule has 0 heterocycles. The summed E-state index contributed by atoms with van der Waals surface area (Å²) >= 11 is 6.35. The van der Waals surface area contributed by atoms with Crippen molar-refractivity contribution in [2.75, 3.05) is 31.6 Å². The van der Waals surface area contributed by atoms with E-state index in [0.717, 1.165) is 9.87 Å². The number of nitrogens with one attached hydrogen (secondary N) is 1. The van der Waals surface area contributed by atoms with E-state index in [2.05, 4.69) is 5.32 Å². The van der Waals surface area contributed by atoms with Gasteiger partial charge in [0.15, 0.2) is 0 Å². The van der Waals surface area contributed by atoms with E-state index < -0.39 is 28.5 Å². The molecule has 0 aliphatic heterocycles. The summed E-state index contributed by atoms with van der Waals surface area (Å²) in [5, 5.41) is 3.05. The fourth-order valence-electron chi connectivity index (χ4n) is 4.02. The second kappa shape index (κ2) is 14.2. The molecule has 0 bridgehead atoms. The highest BCUT2D eigenvalue weighted by Crippen LogP contribution is 2.32. The van der Waals surface area contributed by atoms with Gasteiger partial charge in [0, 0.05) is 13.1 Å². The number of sulfonamides is 1. The minimum absolute atomic E-state index is 0.00386. The highest BCUT2D eigenvalue weighted by atomic mass is 35.5. The lowest BCUT2D eigenvalue weighted by Gasteiger charge is -2.32. The van der Waals surface area contributed by atoms with Gasteiger partial charge in [0.25, 0.3) is 10.0 Å². The Balaban J connectivity index is 2.03. The van der Waals surface area contributed by atoms with Crippen LogP contribution in [0, 0.1) is 5.92 Å². The van der Waals surface area contributed by atoms with E-state index in [1.807, 2.05) is 13.8 Å². The van der Waals surface area contributed by atoms with E-state index >= 15 is 0 Å². The number of carbonyl (C=O) groups excluding carboxylic acids is 2. The minimum Gasteiger partial charge on any atom is -0.497 e. The molecular weight excluding hydrogens is 566 g/mol. The third-order valence-corrected chi connectivity index (χ3v) is 8.48. The fourth-order valence-corrected chi connectivity index (χ4v) is 5.70. The molecule has 9 nitrogen and oxygen atoms in total. The monoisotopic (exact) mass is 601 g/mol. The molecule has 1 N–H and O–H groups in total. The zero-order valence-electron chi connectivity index (χ0n) is 23.8. The normalized spacial score (nSPS) is 12.0. The van der Waals surface area contributed by atoms with E-state index in [-0.39, 0.29) is 34.0 Å². The minimum atomic E-state index is -4.20. The molecule has 0 aliphatic rings. The van der Waals surface area contributed by atoms with Gasteiger partial charge < -0.3 is 19.7 Å². The van der Waals surface area contributed by atoms with Crippen molar-refractivity contribution in [3.05, 3.63) is 83.4 Å². The summed E-state index contributed by atoms with van der Waals surface area (Å²) in [6.45, 7) is 5.50. The molecule has 220 valence electrons. The Bertz CT molecular complexity index is 1430. The highest BCUT2D eigenvalue weighted by Gasteiger charge is 2.32. The van der Waals surface area contributed by atoms with Gasteiger partial charge in [-0.05, 0) is 60.9 Å². The van der Waals surface area contributed by atoms with Crippen molar-refractivity contribution >= 4 is 39.1 Å². The highest BCUT2D eigenvalue weighted by molar-refractivity contribution is 7.92. The molecule has 1 atom stereocenters. The number of methoxy groups -OCH3 is 2. The maximum atomic E-state index is 14.0. The van der Waals surface area contributed by atoms with Crippen LogP contribution in [-0.4, -0.2) is 58.5 Å². The van der Waals surface area contributed by atoms with Crippen molar-refractivity contribution in [3.63, 3.8) is 0 Å². The number of rotatable bonds is 13. The molecular formula is C30H36ClN3O6S. The largest absolute Gasteiger partial charge is 0.497 e. The zero-order chi connectivity index (χ0) is 30.2. The van der Waals surface area contributed by atoms with Crippen molar-refractivity contribution < 1.29 is 27.5 Å². The van der Waals surface area contributed by atoms with Crippen molar-refractivity contribution in [2.24, 2.45) is 5.92 Å². The Morgan fingerprint density at radius 2 is 1.59 bits per heavy atom. The molecule has 3 rings (SSSR count). The van der Waals surface area contributed by atoms with Crippen LogP contribution in [0.4, 0.5) is 5.69 Å². The van der Waals surface area contributed by atoms with Crippen LogP contribution < -0.4 is 19.1 Å². The first kappa shape index (κ1) is 31.8. The average molecular weight is 602 g/mol. The second-order valence-corrected chi connectivity index (χ2v) is 12.1. The van der Waals surface area contributed by atoms with Gasteiger partial charge in [-0.25, -0.2) is 8.42 Å². The first-order chi connectivity index (χ1) is 19.5. The van der Waals surface area contributed by atoms with Crippen molar-refractivity contribution in [3.8, 4) is 11.5 Å². The molecule has 0 saturated carbocycles. The summed E-state index contributed by atoms with van der Waals surface area (Å²) in [4.78, 5) is 28.4. The van der Waals surface area contributed by atoms with Gasteiger partial charge in [-0.2, -0.15) is 0 Å². The predicted molar refractivity (Wildman–Crippen MR) is 160 cm³/mol. The number of amides is 2. The first-order valence-electron chi connectivity index (χ1n) is 13.1. The quantitative estimate of drug-likeness (QED) is 0.303. The molecule has 0 unspecified atom stereocenters. The number of ether oxygens (including phenoxy) is 2. The van der Waals surface area contributed by atoms with Crippen LogP contribution in [0.3, 0.4) is 0 Å². The van der Waals surface area contributed by atoms with Crippen LogP contribution in [-0.2, 0) is 26.2 Å². The van der Waals surface area contributed by atoms with Crippen LogP contribution in [0.15, 0.2) is 77.7 Å². The van der Waals surface area contributed by atoms with Gasteiger partial charge in [0.2, 0.25) is 11.8 Å². The number of anilines is 1. The lowest BCUT2D eigenvalue weighted by atomic mass is 10.1. The average Bonchev–Trinajstić information content (AvgIpc) is 2.97. The van der Waals surface area contributed by atoms with Crippen LogP contribution >= 0.6 is 11.6 Å². The summed E-state index contributed by atoms with van der Waals surface area (Å²) in [5.41, 5.74) is 0.918. The molecule has 41 heavy (non-hydrogen) atoms. The maximum Gasteiger partial charge on any atom is 0.264 e. The summed E-state index contributed by atoms with van der Waals surface area (Å²) in [6, 6.07) is 18.5. The number of hydrogen-bond donors (Lipinski definition) is 1. The molecule has 11 heteroatoms. The van der Waals surface area contributed by atoms with Gasteiger partial charge in [0.05, 0.1) is 29.8 Å². The van der Waals surface area contributed by atoms with Gasteiger partial charge in [-0.1, -0.05) is 55.8 Å². The number of carbonyl (C=O) groups is 2. The van der Waals surface area contributed by atoms with Gasteiger partial charge in [-0.15, -0.1) is 0 Å². The Morgan fingerprint density at radius 3 is 2.15 bits per heavy atom. The van der Waals surface area contributed by atoms with E-state index in [1.54, 1.807) is 56.5 Å². The third kappa shape index (κ3) is 8.14. The summed E-state index contributed by atoms with van der Waals surface area (Å²) < 4.78 is 39.2. The molecule has 2 amide bonds. The Hall–Kier alpha value is -3.76. The van der Waals surface area contributed by atoms with Crippen LogP contribution in [0.25, 0.3) is 0 Å². The zero-order valence-corrected chi connectivity index (χ0v) is 25.4. The summed E-state index contributed by atoms with van der Waals surface area (Å²) in [7, 11) is -1.19. The number of hydrogen-bond acceptors (Lipinski definition) is 6. The van der Waals surface area contributed by atoms with Crippen molar-refractivity contribution in [1.29, 1.82) is 0 Å². The number of nitrogens with zero attached hydrogens (tertiary/aromatic N) is 2. The van der Waals surface area contributed by atoms with E-state index in [0.29, 0.717) is 18.0 Å². The molecule has 3 aromatic rings. The molecule has 0 aliphatic carbocycles. The maximum absolute atomic E-state index is 14.0. The standard InChI is InChI=1S/C30H36ClN3O6S/c1-21(2)18-32-30(36)22(3)33(19-23-11-14-25(39-4)15-12-23)29(35)20-34(24-13-16-28(40-5)27(31)17-24)41(37,38)26-9-7-6-8-10-26/h6-17,21-22H,18-20H2,1-5H3,(H,32,36)/t22-/m0/s1. The third-order valence-electron chi connectivity index (χ3n) is 6.40. The smallest absolute Gasteiger partial charge is 0.264 e. The Kier molecular flexibility index (Phi) is 11.0. The molecule has 0 radical (unpaired) electrons. The molecule has 0 fully saturated rings. The van der Waals surface area contributed by atoms with E-state index in [9.17, 15) is 18.0 Å². The Morgan fingerprint density at radius 1 is 0.927 bits per heavy atom. The van der Waals surface area contributed by atoms with Crippen molar-refractivity contribution in [2.45, 2.75) is 38.3 Å². The van der Waals surface area contributed by atoms with Gasteiger partial charge in [0.1, 0.15) is 24.1 Å². The first-order valence-corrected chi connectivity index (χ1v) is 14.9. The SMILES string of the molecule is COc1ccc(CN(C(=O)CN(c2ccc(OC)c(Cl)c2)S(=O)(=O)c2ccccc2)[C@@H](C)C(=O)NCC(C)C)cc1. The van der Waals surface area contributed by atoms with Crippen LogP contribution in [0.1, 0.15) is 26.3 Å². The van der Waals surface area contributed by atoms with E-state index in [1.165, 1.54) is 42.3 Å². The molecule has 0 saturated heterocycles. The number of halogens is 1. The Labute approximate surface area is 247 Å². The lowest BCUT2D eigenvalue weighted by Crippen LogP contribution is -2.51. The topological polar surface area (TPSA) is 105 Å².